The highest BCUT2D eigenvalue weighted by Gasteiger charge is 2.16. The van der Waals surface area contributed by atoms with Crippen LogP contribution in [-0.4, -0.2) is 23.0 Å². The van der Waals surface area contributed by atoms with Crippen molar-refractivity contribution in [1.29, 1.82) is 0 Å². The van der Waals surface area contributed by atoms with E-state index in [1.807, 2.05) is 13.8 Å². The number of nitrogens with one attached hydrogen (secondary N) is 2. The highest BCUT2D eigenvalue weighted by Crippen LogP contribution is 2.20. The minimum atomic E-state index is -0.470. The molecule has 0 fully saturated rings. The third-order valence-corrected chi connectivity index (χ3v) is 2.99. The van der Waals surface area contributed by atoms with Crippen LogP contribution < -0.4 is 10.6 Å². The smallest absolute Gasteiger partial charge is 0.259 e. The minimum Gasteiger partial charge on any atom is -0.507 e. The predicted molar refractivity (Wildman–Crippen MR) is 85.1 cm³/mol. The Hall–Kier alpha value is -2.82. The van der Waals surface area contributed by atoms with Crippen LogP contribution in [0.1, 0.15) is 34.6 Å². The van der Waals surface area contributed by atoms with Gasteiger partial charge in [0.25, 0.3) is 11.8 Å². The third-order valence-electron chi connectivity index (χ3n) is 2.99. The van der Waals surface area contributed by atoms with Crippen molar-refractivity contribution in [2.24, 2.45) is 0 Å². The molecule has 2 rings (SSSR count). The molecule has 5 nitrogen and oxygen atoms in total. The van der Waals surface area contributed by atoms with Crippen LogP contribution in [0.2, 0.25) is 0 Å². The Morgan fingerprint density at radius 2 is 1.50 bits per heavy atom. The summed E-state index contributed by atoms with van der Waals surface area (Å²) in [4.78, 5) is 24.4. The molecular weight excluding hydrogens is 280 g/mol. The van der Waals surface area contributed by atoms with E-state index in [4.69, 9.17) is 0 Å². The third kappa shape index (κ3) is 3.63. The summed E-state index contributed by atoms with van der Waals surface area (Å²) in [6, 6.07) is 13.0. The second-order valence-corrected chi connectivity index (χ2v) is 5.15. The van der Waals surface area contributed by atoms with E-state index in [2.05, 4.69) is 10.6 Å². The standard InChI is InChI=1S/C17H18N2O3/c1-11(2)18-16(21)12-7-3-5-9-14(12)19-17(22)13-8-4-6-10-15(13)20/h3-11,20H,1-2H3,(H,18,21)(H,19,22). The number of aromatic hydroxyl groups is 1. The number of hydrogen-bond acceptors (Lipinski definition) is 3. The Morgan fingerprint density at radius 1 is 0.909 bits per heavy atom. The lowest BCUT2D eigenvalue weighted by Crippen LogP contribution is -2.31. The Morgan fingerprint density at radius 3 is 2.14 bits per heavy atom. The fourth-order valence-corrected chi connectivity index (χ4v) is 1.99. The van der Waals surface area contributed by atoms with Gasteiger partial charge in [-0.1, -0.05) is 24.3 Å². The van der Waals surface area contributed by atoms with Crippen LogP contribution in [0.5, 0.6) is 5.75 Å². The molecule has 0 saturated heterocycles. The fraction of sp³-hybridized carbons (Fsp3) is 0.176. The van der Waals surface area contributed by atoms with Gasteiger partial charge in [-0.3, -0.25) is 9.59 Å². The van der Waals surface area contributed by atoms with Crippen LogP contribution in [0.15, 0.2) is 48.5 Å². The highest BCUT2D eigenvalue weighted by molar-refractivity contribution is 6.10. The molecule has 0 aromatic heterocycles. The summed E-state index contributed by atoms with van der Waals surface area (Å²) in [5.74, 6) is -0.838. The van der Waals surface area contributed by atoms with Crippen molar-refractivity contribution in [1.82, 2.24) is 5.32 Å². The molecular formula is C17H18N2O3. The van der Waals surface area contributed by atoms with Gasteiger partial charge in [-0.15, -0.1) is 0 Å². The van der Waals surface area contributed by atoms with Crippen LogP contribution >= 0.6 is 0 Å². The lowest BCUT2D eigenvalue weighted by molar-refractivity contribution is 0.0944. The summed E-state index contributed by atoms with van der Waals surface area (Å²) in [6.45, 7) is 3.72. The molecule has 114 valence electrons. The van der Waals surface area contributed by atoms with E-state index in [1.165, 1.54) is 12.1 Å². The minimum absolute atomic E-state index is 0.00516. The average Bonchev–Trinajstić information content (AvgIpc) is 2.47. The van der Waals surface area contributed by atoms with E-state index in [9.17, 15) is 14.7 Å². The first kappa shape index (κ1) is 15.6. The van der Waals surface area contributed by atoms with E-state index >= 15 is 0 Å². The Labute approximate surface area is 129 Å². The number of carbonyl (C=O) groups excluding carboxylic acids is 2. The normalized spacial score (nSPS) is 10.3. The van der Waals surface area contributed by atoms with Gasteiger partial charge in [0.1, 0.15) is 5.75 Å². The number of phenolic OH excluding ortho intramolecular Hbond substituents is 1. The van der Waals surface area contributed by atoms with Gasteiger partial charge >= 0.3 is 0 Å². The predicted octanol–water partition coefficient (Wildman–Crippen LogP) is 2.78. The lowest BCUT2D eigenvalue weighted by Gasteiger charge is -2.13. The van der Waals surface area contributed by atoms with Gasteiger partial charge in [0.05, 0.1) is 16.8 Å². The average molecular weight is 298 g/mol. The maximum atomic E-state index is 12.2. The van der Waals surface area contributed by atoms with E-state index < -0.39 is 5.91 Å². The molecule has 2 amide bonds. The van der Waals surface area contributed by atoms with Crippen molar-refractivity contribution in [2.45, 2.75) is 19.9 Å². The van der Waals surface area contributed by atoms with Gasteiger partial charge in [0.2, 0.25) is 0 Å². The summed E-state index contributed by atoms with van der Waals surface area (Å²) in [6.07, 6.45) is 0. The summed E-state index contributed by atoms with van der Waals surface area (Å²) < 4.78 is 0. The number of hydrogen-bond donors (Lipinski definition) is 3. The topological polar surface area (TPSA) is 78.4 Å². The quantitative estimate of drug-likeness (QED) is 0.812. The number of para-hydroxylation sites is 2. The van der Waals surface area contributed by atoms with Crippen LogP contribution in [0.3, 0.4) is 0 Å². The lowest BCUT2D eigenvalue weighted by atomic mass is 10.1. The van der Waals surface area contributed by atoms with Crippen molar-refractivity contribution in [2.75, 3.05) is 5.32 Å². The Kier molecular flexibility index (Phi) is 4.78. The van der Waals surface area contributed by atoms with Gasteiger partial charge in [0, 0.05) is 6.04 Å². The molecule has 22 heavy (non-hydrogen) atoms. The molecule has 3 N–H and O–H groups in total. The van der Waals surface area contributed by atoms with Gasteiger partial charge in [-0.25, -0.2) is 0 Å². The molecule has 0 saturated carbocycles. The van der Waals surface area contributed by atoms with E-state index in [1.54, 1.807) is 36.4 Å². The molecule has 0 heterocycles. The number of benzene rings is 2. The van der Waals surface area contributed by atoms with E-state index in [0.717, 1.165) is 0 Å². The van der Waals surface area contributed by atoms with Crippen LogP contribution in [0.25, 0.3) is 0 Å². The monoisotopic (exact) mass is 298 g/mol. The molecule has 2 aromatic rings. The molecule has 0 unspecified atom stereocenters. The zero-order chi connectivity index (χ0) is 16.1. The summed E-state index contributed by atoms with van der Waals surface area (Å²) in [5.41, 5.74) is 0.926. The van der Waals surface area contributed by atoms with Crippen LogP contribution in [0, 0.1) is 0 Å². The van der Waals surface area contributed by atoms with Crippen molar-refractivity contribution in [3.05, 3.63) is 59.7 Å². The molecule has 0 atom stereocenters. The van der Waals surface area contributed by atoms with Crippen molar-refractivity contribution >= 4 is 17.5 Å². The number of anilines is 1. The molecule has 0 aliphatic heterocycles. The number of rotatable bonds is 4. The number of amides is 2. The number of carbonyl (C=O) groups is 2. The van der Waals surface area contributed by atoms with E-state index in [-0.39, 0.29) is 23.3 Å². The fourth-order valence-electron chi connectivity index (χ4n) is 1.99. The zero-order valence-electron chi connectivity index (χ0n) is 12.5. The molecule has 0 bridgehead atoms. The Bertz CT molecular complexity index is 696. The van der Waals surface area contributed by atoms with Crippen molar-refractivity contribution in [3.8, 4) is 5.75 Å². The maximum absolute atomic E-state index is 12.2. The summed E-state index contributed by atoms with van der Waals surface area (Å²) >= 11 is 0. The molecule has 5 heteroatoms. The molecule has 0 aliphatic rings. The van der Waals surface area contributed by atoms with Crippen molar-refractivity contribution in [3.63, 3.8) is 0 Å². The second kappa shape index (κ2) is 6.76. The van der Waals surface area contributed by atoms with Gasteiger partial charge < -0.3 is 15.7 Å². The SMILES string of the molecule is CC(C)NC(=O)c1ccccc1NC(=O)c1ccccc1O. The Balaban J connectivity index is 2.25. The first-order valence-electron chi connectivity index (χ1n) is 6.98. The highest BCUT2D eigenvalue weighted by atomic mass is 16.3. The first-order valence-corrected chi connectivity index (χ1v) is 6.98. The van der Waals surface area contributed by atoms with Crippen molar-refractivity contribution < 1.29 is 14.7 Å². The van der Waals surface area contributed by atoms with Crippen LogP contribution in [0.4, 0.5) is 5.69 Å². The molecule has 0 spiro atoms. The number of phenols is 1. The van der Waals surface area contributed by atoms with Crippen LogP contribution in [-0.2, 0) is 0 Å². The second-order valence-electron chi connectivity index (χ2n) is 5.15. The van der Waals surface area contributed by atoms with E-state index in [0.29, 0.717) is 11.3 Å². The summed E-state index contributed by atoms with van der Waals surface area (Å²) in [7, 11) is 0. The largest absolute Gasteiger partial charge is 0.507 e. The zero-order valence-corrected chi connectivity index (χ0v) is 12.5. The molecule has 0 aliphatic carbocycles. The maximum Gasteiger partial charge on any atom is 0.259 e. The van der Waals surface area contributed by atoms with Gasteiger partial charge in [-0.2, -0.15) is 0 Å². The molecule has 0 radical (unpaired) electrons. The summed E-state index contributed by atoms with van der Waals surface area (Å²) in [5, 5.41) is 15.2. The van der Waals surface area contributed by atoms with Gasteiger partial charge in [0.15, 0.2) is 0 Å². The first-order chi connectivity index (χ1) is 10.5. The molecule has 2 aromatic carbocycles. The van der Waals surface area contributed by atoms with Gasteiger partial charge in [-0.05, 0) is 38.1 Å².